The molecule has 0 spiro atoms. The number of carboxylic acid groups (broad SMARTS) is 1. The summed E-state index contributed by atoms with van der Waals surface area (Å²) in [6, 6.07) is 7.26. The van der Waals surface area contributed by atoms with E-state index in [2.05, 4.69) is 5.32 Å². The first-order valence-electron chi connectivity index (χ1n) is 6.62. The Bertz CT molecular complexity index is 491. The number of benzene rings is 1. The van der Waals surface area contributed by atoms with Crippen LogP contribution in [0.1, 0.15) is 42.6 Å². The number of hydrogen-bond acceptors (Lipinski definition) is 2. The molecule has 1 aromatic carbocycles. The zero-order valence-electron chi connectivity index (χ0n) is 11.3. The zero-order valence-corrected chi connectivity index (χ0v) is 11.3. The molecule has 1 saturated carbocycles. The monoisotopic (exact) mass is 261 g/mol. The Hall–Kier alpha value is -1.84. The van der Waals surface area contributed by atoms with Crippen LogP contribution in [-0.4, -0.2) is 22.5 Å². The van der Waals surface area contributed by atoms with Gasteiger partial charge >= 0.3 is 5.97 Å². The lowest BCUT2D eigenvalue weighted by Gasteiger charge is -2.26. The summed E-state index contributed by atoms with van der Waals surface area (Å²) in [5.74, 6) is -1.24. The molecule has 0 saturated heterocycles. The molecule has 0 bridgehead atoms. The molecule has 102 valence electrons. The van der Waals surface area contributed by atoms with E-state index in [0.29, 0.717) is 5.56 Å². The van der Waals surface area contributed by atoms with Gasteiger partial charge in [-0.1, -0.05) is 19.1 Å². The third kappa shape index (κ3) is 2.78. The van der Waals surface area contributed by atoms with Gasteiger partial charge in [-0.25, -0.2) is 4.79 Å². The van der Waals surface area contributed by atoms with Crippen LogP contribution in [0.25, 0.3) is 0 Å². The van der Waals surface area contributed by atoms with Crippen molar-refractivity contribution >= 4 is 11.9 Å². The number of aryl methyl sites for hydroxylation is 1. The Morgan fingerprint density at radius 3 is 2.32 bits per heavy atom. The summed E-state index contributed by atoms with van der Waals surface area (Å²) in [5, 5.41) is 12.0. The highest BCUT2D eigenvalue weighted by Crippen LogP contribution is 2.39. The molecule has 2 rings (SSSR count). The van der Waals surface area contributed by atoms with Crippen molar-refractivity contribution in [2.75, 3.05) is 0 Å². The zero-order chi connectivity index (χ0) is 14.0. The van der Waals surface area contributed by atoms with Crippen molar-refractivity contribution in [3.05, 3.63) is 35.4 Å². The first kappa shape index (κ1) is 13.6. The van der Waals surface area contributed by atoms with Gasteiger partial charge < -0.3 is 10.4 Å². The van der Waals surface area contributed by atoms with E-state index < -0.39 is 11.5 Å². The Labute approximate surface area is 112 Å². The van der Waals surface area contributed by atoms with Crippen LogP contribution in [-0.2, 0) is 11.2 Å². The SMILES string of the molecule is CCc1ccc(C(=O)NC(C)(C(=O)O)C2CC2)cc1. The number of carboxylic acids is 1. The van der Waals surface area contributed by atoms with E-state index in [1.165, 1.54) is 0 Å². The van der Waals surface area contributed by atoms with Crippen molar-refractivity contribution in [3.63, 3.8) is 0 Å². The minimum Gasteiger partial charge on any atom is -0.480 e. The lowest BCUT2D eigenvalue weighted by molar-refractivity contribution is -0.144. The fourth-order valence-electron chi connectivity index (χ4n) is 2.19. The van der Waals surface area contributed by atoms with Crippen LogP contribution >= 0.6 is 0 Å². The van der Waals surface area contributed by atoms with Gasteiger partial charge in [-0.15, -0.1) is 0 Å². The molecule has 0 aromatic heterocycles. The van der Waals surface area contributed by atoms with E-state index in [-0.39, 0.29) is 11.8 Å². The van der Waals surface area contributed by atoms with Crippen LogP contribution in [0.15, 0.2) is 24.3 Å². The second-order valence-electron chi connectivity index (χ2n) is 5.29. The molecule has 1 aliphatic rings. The minimum absolute atomic E-state index is 0.0452. The molecule has 1 aliphatic carbocycles. The molecule has 4 heteroatoms. The summed E-state index contributed by atoms with van der Waals surface area (Å²) in [4.78, 5) is 23.5. The molecule has 1 atom stereocenters. The van der Waals surface area contributed by atoms with Gasteiger partial charge in [-0.3, -0.25) is 4.79 Å². The van der Waals surface area contributed by atoms with E-state index in [1.807, 2.05) is 19.1 Å². The molecule has 2 N–H and O–H groups in total. The first-order chi connectivity index (χ1) is 8.97. The molecule has 19 heavy (non-hydrogen) atoms. The van der Waals surface area contributed by atoms with Crippen molar-refractivity contribution in [3.8, 4) is 0 Å². The maximum absolute atomic E-state index is 12.1. The fraction of sp³-hybridized carbons (Fsp3) is 0.467. The summed E-state index contributed by atoms with van der Waals surface area (Å²) in [7, 11) is 0. The quantitative estimate of drug-likeness (QED) is 0.854. The predicted octanol–water partition coefficient (Wildman–Crippen LogP) is 2.23. The van der Waals surface area contributed by atoms with Gasteiger partial charge in [0.15, 0.2) is 0 Å². The Morgan fingerprint density at radius 2 is 1.89 bits per heavy atom. The van der Waals surface area contributed by atoms with Crippen molar-refractivity contribution in [1.29, 1.82) is 0 Å². The van der Waals surface area contributed by atoms with E-state index in [4.69, 9.17) is 0 Å². The number of amides is 1. The lowest BCUT2D eigenvalue weighted by atomic mass is 9.95. The second kappa shape index (κ2) is 5.03. The van der Waals surface area contributed by atoms with Gasteiger partial charge in [-0.2, -0.15) is 0 Å². The van der Waals surface area contributed by atoms with E-state index in [1.54, 1.807) is 19.1 Å². The highest BCUT2D eigenvalue weighted by Gasteiger charge is 2.48. The lowest BCUT2D eigenvalue weighted by Crippen LogP contribution is -2.54. The maximum atomic E-state index is 12.1. The standard InChI is InChI=1S/C15H19NO3/c1-3-10-4-6-11(7-5-10)13(17)16-15(2,14(18)19)12-8-9-12/h4-7,12H,3,8-9H2,1-2H3,(H,16,17)(H,18,19). The fourth-order valence-corrected chi connectivity index (χ4v) is 2.19. The number of rotatable bonds is 5. The molecule has 0 radical (unpaired) electrons. The van der Waals surface area contributed by atoms with Crippen LogP contribution in [0.3, 0.4) is 0 Å². The van der Waals surface area contributed by atoms with Gasteiger partial charge in [0.2, 0.25) is 0 Å². The summed E-state index contributed by atoms with van der Waals surface area (Å²) < 4.78 is 0. The summed E-state index contributed by atoms with van der Waals surface area (Å²) in [6.07, 6.45) is 2.63. The molecule has 4 nitrogen and oxygen atoms in total. The summed E-state index contributed by atoms with van der Waals surface area (Å²) in [6.45, 7) is 3.63. The molecular formula is C15H19NO3. The number of carbonyl (C=O) groups is 2. The van der Waals surface area contributed by atoms with Crippen LogP contribution in [0.4, 0.5) is 0 Å². The molecular weight excluding hydrogens is 242 g/mol. The van der Waals surface area contributed by atoms with Crippen molar-refractivity contribution in [2.24, 2.45) is 5.92 Å². The molecule has 0 aliphatic heterocycles. The number of nitrogens with one attached hydrogen (secondary N) is 1. The topological polar surface area (TPSA) is 66.4 Å². The van der Waals surface area contributed by atoms with Crippen molar-refractivity contribution in [1.82, 2.24) is 5.32 Å². The molecule has 1 amide bonds. The highest BCUT2D eigenvalue weighted by atomic mass is 16.4. The maximum Gasteiger partial charge on any atom is 0.329 e. The van der Waals surface area contributed by atoms with Crippen LogP contribution in [0.2, 0.25) is 0 Å². The van der Waals surface area contributed by atoms with Crippen LogP contribution in [0.5, 0.6) is 0 Å². The summed E-state index contributed by atoms with van der Waals surface area (Å²) >= 11 is 0. The second-order valence-corrected chi connectivity index (χ2v) is 5.29. The Kier molecular flexibility index (Phi) is 3.60. The third-order valence-corrected chi connectivity index (χ3v) is 3.84. The van der Waals surface area contributed by atoms with Crippen molar-refractivity contribution < 1.29 is 14.7 Å². The summed E-state index contributed by atoms with van der Waals surface area (Å²) in [5.41, 5.74) is 0.505. The van der Waals surface area contributed by atoms with Crippen molar-refractivity contribution in [2.45, 2.75) is 38.6 Å². The smallest absolute Gasteiger partial charge is 0.329 e. The first-order valence-corrected chi connectivity index (χ1v) is 6.62. The van der Waals surface area contributed by atoms with Gasteiger partial charge in [0, 0.05) is 5.56 Å². The van der Waals surface area contributed by atoms with Gasteiger partial charge in [0.25, 0.3) is 5.91 Å². The highest BCUT2D eigenvalue weighted by molar-refractivity contribution is 5.98. The molecule has 1 fully saturated rings. The normalized spacial score (nSPS) is 17.6. The third-order valence-electron chi connectivity index (χ3n) is 3.84. The molecule has 1 aromatic rings. The minimum atomic E-state index is -1.15. The van der Waals surface area contributed by atoms with Gasteiger partial charge in [0.1, 0.15) is 5.54 Å². The number of carbonyl (C=O) groups excluding carboxylic acids is 1. The molecule has 1 unspecified atom stereocenters. The average Bonchev–Trinajstić information content (AvgIpc) is 3.23. The van der Waals surface area contributed by atoms with Gasteiger partial charge in [-0.05, 0) is 49.8 Å². The van der Waals surface area contributed by atoms with E-state index in [0.717, 1.165) is 24.8 Å². The van der Waals surface area contributed by atoms with Gasteiger partial charge in [0.05, 0.1) is 0 Å². The number of aliphatic carboxylic acids is 1. The van der Waals surface area contributed by atoms with E-state index >= 15 is 0 Å². The van der Waals surface area contributed by atoms with E-state index in [9.17, 15) is 14.7 Å². The molecule has 0 heterocycles. The predicted molar refractivity (Wildman–Crippen MR) is 72.1 cm³/mol. The Balaban J connectivity index is 2.12. The van der Waals surface area contributed by atoms with Crippen LogP contribution in [0, 0.1) is 5.92 Å². The van der Waals surface area contributed by atoms with Crippen LogP contribution < -0.4 is 5.32 Å². The average molecular weight is 261 g/mol. The Morgan fingerprint density at radius 1 is 1.32 bits per heavy atom. The largest absolute Gasteiger partial charge is 0.480 e. The number of hydrogen-bond donors (Lipinski definition) is 2.